The number of carboxylic acid groups (broad SMARTS) is 1. The van der Waals surface area contributed by atoms with E-state index in [1.54, 1.807) is 4.90 Å². The van der Waals surface area contributed by atoms with E-state index >= 15 is 0 Å². The summed E-state index contributed by atoms with van der Waals surface area (Å²) in [5, 5.41) is 18.4. The van der Waals surface area contributed by atoms with Crippen molar-refractivity contribution in [1.82, 2.24) is 9.80 Å². The molecule has 5 heteroatoms. The van der Waals surface area contributed by atoms with Gasteiger partial charge in [0.25, 0.3) is 0 Å². The lowest BCUT2D eigenvalue weighted by Gasteiger charge is -2.33. The van der Waals surface area contributed by atoms with E-state index in [0.717, 1.165) is 45.3 Å². The summed E-state index contributed by atoms with van der Waals surface area (Å²) < 4.78 is 0. The van der Waals surface area contributed by atoms with Crippen LogP contribution in [0.5, 0.6) is 0 Å². The molecule has 0 aromatic carbocycles. The molecular weight excluding hydrogens is 208 g/mol. The SMILES string of the molecule is O=C(O)N1CCCC1CN1CCC(O)CC1. The maximum absolute atomic E-state index is 11.0. The first-order chi connectivity index (χ1) is 7.66. The third-order valence-corrected chi connectivity index (χ3v) is 3.65. The van der Waals surface area contributed by atoms with Crippen LogP contribution < -0.4 is 0 Å². The number of piperidine rings is 1. The molecule has 0 aliphatic carbocycles. The molecule has 16 heavy (non-hydrogen) atoms. The van der Waals surface area contributed by atoms with Gasteiger partial charge in [0.2, 0.25) is 0 Å². The van der Waals surface area contributed by atoms with Crippen LogP contribution in [0, 0.1) is 0 Å². The zero-order chi connectivity index (χ0) is 11.5. The molecule has 0 aromatic rings. The Morgan fingerprint density at radius 2 is 1.88 bits per heavy atom. The van der Waals surface area contributed by atoms with E-state index in [-0.39, 0.29) is 12.1 Å². The van der Waals surface area contributed by atoms with Crippen LogP contribution in [0.1, 0.15) is 25.7 Å². The van der Waals surface area contributed by atoms with Crippen LogP contribution in [-0.2, 0) is 0 Å². The van der Waals surface area contributed by atoms with E-state index < -0.39 is 6.09 Å². The summed E-state index contributed by atoms with van der Waals surface area (Å²) in [6.45, 7) is 3.30. The van der Waals surface area contributed by atoms with Gasteiger partial charge in [-0.3, -0.25) is 0 Å². The Hall–Kier alpha value is -0.810. The predicted octanol–water partition coefficient (Wildman–Crippen LogP) is 0.585. The molecule has 1 atom stereocenters. The molecule has 1 amide bonds. The van der Waals surface area contributed by atoms with E-state index in [0.29, 0.717) is 6.54 Å². The van der Waals surface area contributed by atoms with Gasteiger partial charge in [0, 0.05) is 32.2 Å². The average Bonchev–Trinajstić information content (AvgIpc) is 2.69. The van der Waals surface area contributed by atoms with Gasteiger partial charge in [0.15, 0.2) is 0 Å². The standard InChI is InChI=1S/C11H20N2O3/c14-10-3-6-12(7-4-10)8-9-2-1-5-13(9)11(15)16/h9-10,14H,1-8H2,(H,15,16). The van der Waals surface area contributed by atoms with Gasteiger partial charge in [-0.25, -0.2) is 4.79 Å². The summed E-state index contributed by atoms with van der Waals surface area (Å²) in [6, 6.07) is 0.160. The summed E-state index contributed by atoms with van der Waals surface area (Å²) in [7, 11) is 0. The van der Waals surface area contributed by atoms with E-state index in [2.05, 4.69) is 4.90 Å². The van der Waals surface area contributed by atoms with E-state index in [9.17, 15) is 9.90 Å². The van der Waals surface area contributed by atoms with Gasteiger partial charge in [-0.1, -0.05) is 0 Å². The van der Waals surface area contributed by atoms with Crippen molar-refractivity contribution >= 4 is 6.09 Å². The van der Waals surface area contributed by atoms with Crippen LogP contribution in [-0.4, -0.2) is 64.4 Å². The van der Waals surface area contributed by atoms with Gasteiger partial charge in [-0.2, -0.15) is 0 Å². The Bertz CT molecular complexity index is 252. The van der Waals surface area contributed by atoms with E-state index in [1.807, 2.05) is 0 Å². The fourth-order valence-corrected chi connectivity index (χ4v) is 2.68. The van der Waals surface area contributed by atoms with Crippen molar-refractivity contribution in [3.8, 4) is 0 Å². The zero-order valence-corrected chi connectivity index (χ0v) is 9.51. The molecule has 2 heterocycles. The minimum absolute atomic E-state index is 0.157. The van der Waals surface area contributed by atoms with Gasteiger partial charge in [-0.05, 0) is 25.7 Å². The first-order valence-electron chi connectivity index (χ1n) is 6.07. The predicted molar refractivity (Wildman–Crippen MR) is 59.4 cm³/mol. The zero-order valence-electron chi connectivity index (χ0n) is 9.51. The molecule has 0 radical (unpaired) electrons. The van der Waals surface area contributed by atoms with Gasteiger partial charge < -0.3 is 20.0 Å². The van der Waals surface area contributed by atoms with E-state index in [1.165, 1.54) is 0 Å². The highest BCUT2D eigenvalue weighted by Crippen LogP contribution is 2.20. The van der Waals surface area contributed by atoms with Crippen LogP contribution >= 0.6 is 0 Å². The molecule has 2 aliphatic heterocycles. The lowest BCUT2D eigenvalue weighted by Crippen LogP contribution is -2.45. The highest BCUT2D eigenvalue weighted by molar-refractivity contribution is 5.65. The second-order valence-electron chi connectivity index (χ2n) is 4.80. The maximum Gasteiger partial charge on any atom is 0.407 e. The number of aliphatic hydroxyl groups excluding tert-OH is 1. The van der Waals surface area contributed by atoms with Crippen molar-refractivity contribution in [3.63, 3.8) is 0 Å². The number of nitrogens with zero attached hydrogens (tertiary/aromatic N) is 2. The minimum Gasteiger partial charge on any atom is -0.465 e. The van der Waals surface area contributed by atoms with Gasteiger partial charge in [-0.15, -0.1) is 0 Å². The van der Waals surface area contributed by atoms with E-state index in [4.69, 9.17) is 5.11 Å². The van der Waals surface area contributed by atoms with Crippen LogP contribution in [0.3, 0.4) is 0 Å². The normalized spacial score (nSPS) is 28.6. The number of amides is 1. The van der Waals surface area contributed by atoms with Crippen molar-refractivity contribution in [2.24, 2.45) is 0 Å². The first-order valence-corrected chi connectivity index (χ1v) is 6.07. The third kappa shape index (κ3) is 2.65. The molecule has 0 aromatic heterocycles. The summed E-state index contributed by atoms with van der Waals surface area (Å²) in [4.78, 5) is 14.8. The summed E-state index contributed by atoms with van der Waals surface area (Å²) >= 11 is 0. The number of carbonyl (C=O) groups is 1. The molecule has 5 nitrogen and oxygen atoms in total. The molecule has 2 N–H and O–H groups in total. The Labute approximate surface area is 95.6 Å². The fourth-order valence-electron chi connectivity index (χ4n) is 2.68. The molecule has 1 unspecified atom stereocenters. The van der Waals surface area contributed by atoms with Crippen molar-refractivity contribution in [1.29, 1.82) is 0 Å². The van der Waals surface area contributed by atoms with Crippen LogP contribution in [0.25, 0.3) is 0 Å². The Morgan fingerprint density at radius 3 is 2.50 bits per heavy atom. The topological polar surface area (TPSA) is 64.0 Å². The second kappa shape index (κ2) is 5.01. The van der Waals surface area contributed by atoms with Gasteiger partial charge in [0.1, 0.15) is 0 Å². The Balaban J connectivity index is 1.82. The van der Waals surface area contributed by atoms with Crippen LogP contribution in [0.2, 0.25) is 0 Å². The molecule has 2 saturated heterocycles. The maximum atomic E-state index is 11.0. The summed E-state index contributed by atoms with van der Waals surface area (Å²) in [6.07, 6.45) is 2.65. The molecule has 2 aliphatic rings. The highest BCUT2D eigenvalue weighted by atomic mass is 16.4. The molecular formula is C11H20N2O3. The molecule has 2 fully saturated rings. The first kappa shape index (κ1) is 11.7. The van der Waals surface area contributed by atoms with Gasteiger partial charge in [0.05, 0.1) is 6.10 Å². The second-order valence-corrected chi connectivity index (χ2v) is 4.80. The van der Waals surface area contributed by atoms with Gasteiger partial charge >= 0.3 is 6.09 Å². The summed E-state index contributed by atoms with van der Waals surface area (Å²) in [5.41, 5.74) is 0. The number of aliphatic hydroxyl groups is 1. The van der Waals surface area contributed by atoms with Crippen molar-refractivity contribution in [3.05, 3.63) is 0 Å². The lowest BCUT2D eigenvalue weighted by molar-refractivity contribution is 0.0674. The number of hydrogen-bond donors (Lipinski definition) is 2. The minimum atomic E-state index is -0.792. The van der Waals surface area contributed by atoms with Crippen LogP contribution in [0.4, 0.5) is 4.79 Å². The molecule has 0 saturated carbocycles. The van der Waals surface area contributed by atoms with Crippen molar-refractivity contribution in [2.45, 2.75) is 37.8 Å². The quantitative estimate of drug-likeness (QED) is 0.726. The average molecular weight is 228 g/mol. The molecule has 0 bridgehead atoms. The molecule has 2 rings (SSSR count). The van der Waals surface area contributed by atoms with Crippen molar-refractivity contribution < 1.29 is 15.0 Å². The monoisotopic (exact) mass is 228 g/mol. The largest absolute Gasteiger partial charge is 0.465 e. The Kier molecular flexibility index (Phi) is 3.66. The smallest absolute Gasteiger partial charge is 0.407 e. The highest BCUT2D eigenvalue weighted by Gasteiger charge is 2.30. The lowest BCUT2D eigenvalue weighted by atomic mass is 10.1. The molecule has 0 spiro atoms. The third-order valence-electron chi connectivity index (χ3n) is 3.65. The number of hydrogen-bond acceptors (Lipinski definition) is 3. The van der Waals surface area contributed by atoms with Crippen LogP contribution in [0.15, 0.2) is 0 Å². The van der Waals surface area contributed by atoms with Crippen molar-refractivity contribution in [2.75, 3.05) is 26.2 Å². The summed E-state index contributed by atoms with van der Waals surface area (Å²) in [5.74, 6) is 0. The fraction of sp³-hybridized carbons (Fsp3) is 0.909. The molecule has 92 valence electrons. The number of rotatable bonds is 2. The number of likely N-dealkylation sites (tertiary alicyclic amines) is 2. The Morgan fingerprint density at radius 1 is 1.19 bits per heavy atom.